The van der Waals surface area contributed by atoms with Crippen molar-refractivity contribution in [2.75, 3.05) is 0 Å². The molecule has 2 rings (SSSR count). The molecule has 0 aliphatic carbocycles. The van der Waals surface area contributed by atoms with Gasteiger partial charge in [-0.05, 0) is 38.5 Å². The molecule has 0 amide bonds. The second-order valence-corrected chi connectivity index (χ2v) is 4.44. The summed E-state index contributed by atoms with van der Waals surface area (Å²) >= 11 is 0. The Balaban J connectivity index is 0.000000200. The van der Waals surface area contributed by atoms with Crippen LogP contribution in [0.25, 0.3) is 6.08 Å². The SMILES string of the molecule is C/C=C/c1ccc(C)cc1.Cc1ccc(OC=O)cc1. The van der Waals surface area contributed by atoms with Gasteiger partial charge >= 0.3 is 0 Å². The van der Waals surface area contributed by atoms with Crippen molar-refractivity contribution in [3.8, 4) is 5.75 Å². The Hall–Kier alpha value is -2.35. The van der Waals surface area contributed by atoms with Crippen LogP contribution < -0.4 is 4.74 Å². The van der Waals surface area contributed by atoms with Crippen molar-refractivity contribution in [2.45, 2.75) is 20.8 Å². The third-order valence-corrected chi connectivity index (χ3v) is 2.64. The minimum Gasteiger partial charge on any atom is -0.429 e. The molecule has 2 aromatic carbocycles. The fourth-order valence-electron chi connectivity index (χ4n) is 1.54. The van der Waals surface area contributed by atoms with Gasteiger partial charge in [0, 0.05) is 0 Å². The van der Waals surface area contributed by atoms with Crippen molar-refractivity contribution < 1.29 is 9.53 Å². The van der Waals surface area contributed by atoms with Crippen LogP contribution in [0.3, 0.4) is 0 Å². The molecule has 104 valence electrons. The summed E-state index contributed by atoms with van der Waals surface area (Å²) < 4.78 is 4.58. The predicted molar refractivity (Wildman–Crippen MR) is 83.8 cm³/mol. The Morgan fingerprint density at radius 3 is 1.80 bits per heavy atom. The van der Waals surface area contributed by atoms with Gasteiger partial charge in [0.05, 0.1) is 0 Å². The highest BCUT2D eigenvalue weighted by molar-refractivity contribution is 5.49. The van der Waals surface area contributed by atoms with Gasteiger partial charge in [-0.15, -0.1) is 0 Å². The van der Waals surface area contributed by atoms with E-state index in [1.807, 2.05) is 32.1 Å². The second kappa shape index (κ2) is 8.70. The van der Waals surface area contributed by atoms with E-state index in [0.29, 0.717) is 12.2 Å². The number of allylic oxidation sites excluding steroid dienone is 1. The normalized spacial score (nSPS) is 9.75. The summed E-state index contributed by atoms with van der Waals surface area (Å²) in [5.74, 6) is 0.584. The number of hydrogen-bond donors (Lipinski definition) is 0. The average Bonchev–Trinajstić information content (AvgIpc) is 2.45. The number of carbonyl (C=O) groups is 1. The zero-order valence-corrected chi connectivity index (χ0v) is 12.2. The number of carbonyl (C=O) groups excluding carboxylic acids is 1. The largest absolute Gasteiger partial charge is 0.429 e. The number of ether oxygens (including phenoxy) is 1. The van der Waals surface area contributed by atoms with Crippen molar-refractivity contribution in [3.63, 3.8) is 0 Å². The Morgan fingerprint density at radius 2 is 1.35 bits per heavy atom. The van der Waals surface area contributed by atoms with Crippen molar-refractivity contribution in [1.82, 2.24) is 0 Å². The number of hydrogen-bond acceptors (Lipinski definition) is 2. The molecule has 0 atom stereocenters. The molecule has 0 spiro atoms. The van der Waals surface area contributed by atoms with E-state index < -0.39 is 0 Å². The molecule has 20 heavy (non-hydrogen) atoms. The number of aryl methyl sites for hydroxylation is 2. The van der Waals surface area contributed by atoms with E-state index in [-0.39, 0.29) is 0 Å². The average molecular weight is 268 g/mol. The standard InChI is InChI=1S/C10H12.C8H8O2/c1-3-4-10-7-5-9(2)6-8-10;1-7-2-4-8(5-3-7)10-6-9/h3-8H,1-2H3;2-6H,1H3/b4-3+;. The van der Waals surface area contributed by atoms with Crippen LogP contribution in [0.5, 0.6) is 5.75 Å². The molecule has 0 heterocycles. The van der Waals surface area contributed by atoms with Crippen LogP contribution in [0.2, 0.25) is 0 Å². The second-order valence-electron chi connectivity index (χ2n) is 4.44. The third kappa shape index (κ3) is 6.01. The van der Waals surface area contributed by atoms with Crippen LogP contribution in [-0.4, -0.2) is 6.47 Å². The molecule has 2 aromatic rings. The Bertz CT molecular complexity index is 537. The van der Waals surface area contributed by atoms with Crippen molar-refractivity contribution >= 4 is 12.5 Å². The molecule has 0 unspecified atom stereocenters. The fraction of sp³-hybridized carbons (Fsp3) is 0.167. The highest BCUT2D eigenvalue weighted by Gasteiger charge is 1.88. The molecule has 0 aliphatic rings. The number of rotatable bonds is 3. The summed E-state index contributed by atoms with van der Waals surface area (Å²) in [6.45, 7) is 6.52. The minimum absolute atomic E-state index is 0.421. The van der Waals surface area contributed by atoms with Gasteiger partial charge in [-0.3, -0.25) is 4.79 Å². The molecule has 0 N–H and O–H groups in total. The molecular formula is C18H20O2. The first-order chi connectivity index (χ1) is 9.65. The van der Waals surface area contributed by atoms with E-state index in [2.05, 4.69) is 42.0 Å². The summed E-state index contributed by atoms with van der Waals surface area (Å²) in [6, 6.07) is 15.8. The first kappa shape index (κ1) is 15.7. The fourth-order valence-corrected chi connectivity index (χ4v) is 1.54. The van der Waals surface area contributed by atoms with E-state index in [1.165, 1.54) is 11.1 Å². The first-order valence-corrected chi connectivity index (χ1v) is 6.52. The quantitative estimate of drug-likeness (QED) is 0.763. The molecule has 2 heteroatoms. The van der Waals surface area contributed by atoms with Gasteiger partial charge in [0.25, 0.3) is 6.47 Å². The highest BCUT2D eigenvalue weighted by Crippen LogP contribution is 2.09. The predicted octanol–water partition coefficient (Wildman–Crippen LogP) is 4.56. The van der Waals surface area contributed by atoms with Crippen LogP contribution in [0, 0.1) is 13.8 Å². The van der Waals surface area contributed by atoms with Gasteiger partial charge in [0.2, 0.25) is 0 Å². The lowest BCUT2D eigenvalue weighted by molar-refractivity contribution is -0.120. The Kier molecular flexibility index (Phi) is 6.83. The lowest BCUT2D eigenvalue weighted by Gasteiger charge is -1.95. The van der Waals surface area contributed by atoms with E-state index in [1.54, 1.807) is 12.1 Å². The smallest absolute Gasteiger partial charge is 0.298 e. The topological polar surface area (TPSA) is 26.3 Å². The molecular weight excluding hydrogens is 248 g/mol. The van der Waals surface area contributed by atoms with E-state index in [9.17, 15) is 4.79 Å². The van der Waals surface area contributed by atoms with Crippen LogP contribution in [-0.2, 0) is 4.79 Å². The monoisotopic (exact) mass is 268 g/mol. The molecule has 0 fully saturated rings. The zero-order valence-electron chi connectivity index (χ0n) is 12.2. The lowest BCUT2D eigenvalue weighted by Crippen LogP contribution is -1.87. The summed E-state index contributed by atoms with van der Waals surface area (Å²) in [5, 5.41) is 0. The van der Waals surface area contributed by atoms with Gasteiger partial charge in [0.1, 0.15) is 5.75 Å². The van der Waals surface area contributed by atoms with Crippen LogP contribution in [0.4, 0.5) is 0 Å². The van der Waals surface area contributed by atoms with E-state index >= 15 is 0 Å². The maximum atomic E-state index is 9.84. The van der Waals surface area contributed by atoms with Gasteiger partial charge in [-0.25, -0.2) is 0 Å². The molecule has 0 saturated carbocycles. The van der Waals surface area contributed by atoms with E-state index in [4.69, 9.17) is 0 Å². The third-order valence-electron chi connectivity index (χ3n) is 2.64. The highest BCUT2D eigenvalue weighted by atomic mass is 16.5. The maximum Gasteiger partial charge on any atom is 0.298 e. The Morgan fingerprint density at radius 1 is 0.850 bits per heavy atom. The lowest BCUT2D eigenvalue weighted by atomic mass is 10.1. The summed E-state index contributed by atoms with van der Waals surface area (Å²) in [4.78, 5) is 9.84. The molecule has 0 aromatic heterocycles. The van der Waals surface area contributed by atoms with Gasteiger partial charge in [0.15, 0.2) is 0 Å². The minimum atomic E-state index is 0.421. The summed E-state index contributed by atoms with van der Waals surface area (Å²) in [5.41, 5.74) is 3.74. The van der Waals surface area contributed by atoms with Gasteiger partial charge in [-0.2, -0.15) is 0 Å². The van der Waals surface area contributed by atoms with Crippen LogP contribution in [0.1, 0.15) is 23.6 Å². The molecule has 2 nitrogen and oxygen atoms in total. The van der Waals surface area contributed by atoms with Gasteiger partial charge in [-0.1, -0.05) is 59.7 Å². The summed E-state index contributed by atoms with van der Waals surface area (Å²) in [6.07, 6.45) is 4.14. The molecule has 0 saturated heterocycles. The number of benzene rings is 2. The summed E-state index contributed by atoms with van der Waals surface area (Å²) in [7, 11) is 0. The van der Waals surface area contributed by atoms with Crippen molar-refractivity contribution in [1.29, 1.82) is 0 Å². The van der Waals surface area contributed by atoms with Crippen molar-refractivity contribution in [3.05, 3.63) is 71.3 Å². The maximum absolute atomic E-state index is 9.84. The molecule has 0 radical (unpaired) electrons. The van der Waals surface area contributed by atoms with Crippen molar-refractivity contribution in [2.24, 2.45) is 0 Å². The van der Waals surface area contributed by atoms with Gasteiger partial charge < -0.3 is 4.74 Å². The molecule has 0 bridgehead atoms. The Labute approximate surface area is 120 Å². The first-order valence-electron chi connectivity index (χ1n) is 6.52. The van der Waals surface area contributed by atoms with Crippen LogP contribution >= 0.6 is 0 Å². The molecule has 0 aliphatic heterocycles. The zero-order chi connectivity index (χ0) is 14.8. The van der Waals surface area contributed by atoms with Crippen LogP contribution in [0.15, 0.2) is 54.6 Å². The van der Waals surface area contributed by atoms with E-state index in [0.717, 1.165) is 5.56 Å².